The average molecular weight is 279 g/mol. The molecule has 112 valence electrons. The molecular weight excluding hydrogens is 254 g/mol. The minimum atomic E-state index is -0.570. The van der Waals surface area contributed by atoms with Crippen molar-refractivity contribution in [1.29, 1.82) is 0 Å². The van der Waals surface area contributed by atoms with Crippen molar-refractivity contribution in [2.75, 3.05) is 7.11 Å². The smallest absolute Gasteiger partial charge is 0.313 e. The first-order valence-corrected chi connectivity index (χ1v) is 7.20. The van der Waals surface area contributed by atoms with Gasteiger partial charge in [0.15, 0.2) is 0 Å². The highest BCUT2D eigenvalue weighted by Crippen LogP contribution is 2.24. The zero-order valence-corrected chi connectivity index (χ0v) is 13.1. The standard InChI is InChI=1S/C15H25N3O2/c1-10-13(8-16-12-6-7-12)11(2)18(17-10)9-15(3,4)14(19)20-5/h12,16H,6-9H2,1-5H3. The van der Waals surface area contributed by atoms with Gasteiger partial charge in [-0.05, 0) is 40.5 Å². The number of nitrogens with one attached hydrogen (secondary N) is 1. The lowest BCUT2D eigenvalue weighted by Crippen LogP contribution is -2.31. The van der Waals surface area contributed by atoms with Crippen molar-refractivity contribution < 1.29 is 9.53 Å². The molecule has 0 atom stereocenters. The minimum absolute atomic E-state index is 0.206. The molecule has 1 aliphatic carbocycles. The van der Waals surface area contributed by atoms with Gasteiger partial charge in [0.2, 0.25) is 0 Å². The van der Waals surface area contributed by atoms with Gasteiger partial charge >= 0.3 is 5.97 Å². The van der Waals surface area contributed by atoms with Crippen molar-refractivity contribution in [3.8, 4) is 0 Å². The fourth-order valence-electron chi connectivity index (χ4n) is 2.39. The first-order valence-electron chi connectivity index (χ1n) is 7.20. The second-order valence-corrected chi connectivity index (χ2v) is 6.34. The molecule has 1 N–H and O–H groups in total. The molecule has 2 rings (SSSR count). The van der Waals surface area contributed by atoms with Crippen molar-refractivity contribution in [2.45, 2.75) is 59.7 Å². The lowest BCUT2D eigenvalue weighted by atomic mass is 9.94. The van der Waals surface area contributed by atoms with E-state index in [1.165, 1.54) is 25.5 Å². The molecule has 5 heteroatoms. The number of ether oxygens (including phenoxy) is 1. The van der Waals surface area contributed by atoms with Crippen LogP contribution in [-0.4, -0.2) is 28.9 Å². The summed E-state index contributed by atoms with van der Waals surface area (Å²) in [6.07, 6.45) is 2.56. The fourth-order valence-corrected chi connectivity index (χ4v) is 2.39. The molecule has 0 unspecified atom stereocenters. The SMILES string of the molecule is COC(=O)C(C)(C)Cn1nc(C)c(CNC2CC2)c1C. The summed E-state index contributed by atoms with van der Waals surface area (Å²) in [7, 11) is 1.43. The van der Waals surface area contributed by atoms with Crippen molar-refractivity contribution in [1.82, 2.24) is 15.1 Å². The fraction of sp³-hybridized carbons (Fsp3) is 0.733. The van der Waals surface area contributed by atoms with E-state index in [0.717, 1.165) is 17.9 Å². The number of nitrogens with zero attached hydrogens (tertiary/aromatic N) is 2. The largest absolute Gasteiger partial charge is 0.469 e. The maximum Gasteiger partial charge on any atom is 0.313 e. The van der Waals surface area contributed by atoms with Crippen LogP contribution in [0.4, 0.5) is 0 Å². The Balaban J connectivity index is 2.11. The number of aryl methyl sites for hydroxylation is 1. The molecule has 5 nitrogen and oxygen atoms in total. The minimum Gasteiger partial charge on any atom is -0.469 e. The third kappa shape index (κ3) is 3.20. The van der Waals surface area contributed by atoms with Crippen molar-refractivity contribution >= 4 is 5.97 Å². The maximum atomic E-state index is 11.8. The highest BCUT2D eigenvalue weighted by Gasteiger charge is 2.31. The zero-order chi connectivity index (χ0) is 14.9. The van der Waals surface area contributed by atoms with E-state index in [0.29, 0.717) is 12.6 Å². The molecule has 0 amide bonds. The van der Waals surface area contributed by atoms with Crippen molar-refractivity contribution in [3.63, 3.8) is 0 Å². The molecule has 0 bridgehead atoms. The molecule has 0 radical (unpaired) electrons. The molecule has 1 aromatic heterocycles. The lowest BCUT2D eigenvalue weighted by molar-refractivity contribution is -0.151. The van der Waals surface area contributed by atoms with E-state index in [2.05, 4.69) is 17.3 Å². The summed E-state index contributed by atoms with van der Waals surface area (Å²) in [6.45, 7) is 9.27. The topological polar surface area (TPSA) is 56.2 Å². The van der Waals surface area contributed by atoms with E-state index >= 15 is 0 Å². The Morgan fingerprint density at radius 3 is 2.65 bits per heavy atom. The molecule has 0 spiro atoms. The van der Waals surface area contributed by atoms with Crippen LogP contribution < -0.4 is 5.32 Å². The van der Waals surface area contributed by atoms with Gasteiger partial charge in [0.05, 0.1) is 24.8 Å². The lowest BCUT2D eigenvalue weighted by Gasteiger charge is -2.22. The van der Waals surface area contributed by atoms with E-state index in [1.807, 2.05) is 25.5 Å². The predicted molar refractivity (Wildman–Crippen MR) is 77.4 cm³/mol. The first-order chi connectivity index (χ1) is 9.35. The van der Waals surface area contributed by atoms with Gasteiger partial charge in [-0.1, -0.05) is 0 Å². The van der Waals surface area contributed by atoms with Crippen LogP contribution >= 0.6 is 0 Å². The van der Waals surface area contributed by atoms with Crippen LogP contribution in [0.3, 0.4) is 0 Å². The number of carbonyl (C=O) groups is 1. The molecular formula is C15H25N3O2. The van der Waals surface area contributed by atoms with Crippen LogP contribution in [0.25, 0.3) is 0 Å². The van der Waals surface area contributed by atoms with Crippen molar-refractivity contribution in [3.05, 3.63) is 17.0 Å². The van der Waals surface area contributed by atoms with E-state index in [1.54, 1.807) is 0 Å². The van der Waals surface area contributed by atoms with Gasteiger partial charge < -0.3 is 10.1 Å². The first kappa shape index (κ1) is 15.0. The van der Waals surface area contributed by atoms with Crippen LogP contribution in [0.1, 0.15) is 43.6 Å². The molecule has 0 aromatic carbocycles. The predicted octanol–water partition coefficient (Wildman–Crippen LogP) is 1.95. The number of aromatic nitrogens is 2. The molecule has 0 aliphatic heterocycles. The molecule has 1 saturated carbocycles. The Labute approximate surface area is 120 Å². The third-order valence-electron chi connectivity index (χ3n) is 3.96. The van der Waals surface area contributed by atoms with Gasteiger partial charge in [0.1, 0.15) is 0 Å². The molecule has 0 saturated heterocycles. The Morgan fingerprint density at radius 2 is 2.10 bits per heavy atom. The molecule has 1 aromatic rings. The van der Waals surface area contributed by atoms with Crippen molar-refractivity contribution in [2.24, 2.45) is 5.41 Å². The third-order valence-corrected chi connectivity index (χ3v) is 3.96. The van der Waals surface area contributed by atoms with Crippen LogP contribution in [0.15, 0.2) is 0 Å². The number of hydrogen-bond donors (Lipinski definition) is 1. The molecule has 1 heterocycles. The normalized spacial score (nSPS) is 15.4. The van der Waals surface area contributed by atoms with Gasteiger partial charge in [-0.15, -0.1) is 0 Å². The highest BCUT2D eigenvalue weighted by molar-refractivity contribution is 5.75. The molecule has 1 fully saturated rings. The summed E-state index contributed by atoms with van der Waals surface area (Å²) in [5.74, 6) is -0.206. The van der Waals surface area contributed by atoms with E-state index < -0.39 is 5.41 Å². The van der Waals surface area contributed by atoms with Crippen LogP contribution in [-0.2, 0) is 22.6 Å². The number of methoxy groups -OCH3 is 1. The number of hydrogen-bond acceptors (Lipinski definition) is 4. The molecule has 20 heavy (non-hydrogen) atoms. The van der Waals surface area contributed by atoms with Gasteiger partial charge in [-0.3, -0.25) is 9.48 Å². The van der Waals surface area contributed by atoms with Gasteiger partial charge in [0.25, 0.3) is 0 Å². The van der Waals surface area contributed by atoms with Crippen LogP contribution in [0.5, 0.6) is 0 Å². The summed E-state index contributed by atoms with van der Waals surface area (Å²) in [5.41, 5.74) is 2.85. The maximum absolute atomic E-state index is 11.8. The van der Waals surface area contributed by atoms with E-state index in [-0.39, 0.29) is 5.97 Å². The van der Waals surface area contributed by atoms with Gasteiger partial charge in [0, 0.05) is 23.8 Å². The Morgan fingerprint density at radius 1 is 1.45 bits per heavy atom. The van der Waals surface area contributed by atoms with Crippen LogP contribution in [0.2, 0.25) is 0 Å². The summed E-state index contributed by atoms with van der Waals surface area (Å²) >= 11 is 0. The summed E-state index contributed by atoms with van der Waals surface area (Å²) in [4.78, 5) is 11.8. The number of carbonyl (C=O) groups excluding carboxylic acids is 1. The average Bonchev–Trinajstić information content (AvgIpc) is 3.16. The zero-order valence-electron chi connectivity index (χ0n) is 13.1. The highest BCUT2D eigenvalue weighted by atomic mass is 16.5. The second kappa shape index (κ2) is 5.56. The van der Waals surface area contributed by atoms with Gasteiger partial charge in [-0.25, -0.2) is 0 Å². The Bertz CT molecular complexity index is 501. The Kier molecular flexibility index (Phi) is 4.18. The second-order valence-electron chi connectivity index (χ2n) is 6.34. The Hall–Kier alpha value is -1.36. The summed E-state index contributed by atoms with van der Waals surface area (Å²) < 4.78 is 6.79. The van der Waals surface area contributed by atoms with Crippen LogP contribution in [0, 0.1) is 19.3 Å². The number of rotatable bonds is 6. The monoisotopic (exact) mass is 279 g/mol. The summed E-state index contributed by atoms with van der Waals surface area (Å²) in [5, 5.41) is 8.10. The number of esters is 1. The van der Waals surface area contributed by atoms with E-state index in [4.69, 9.17) is 4.74 Å². The van der Waals surface area contributed by atoms with E-state index in [9.17, 15) is 4.79 Å². The summed E-state index contributed by atoms with van der Waals surface area (Å²) in [6, 6.07) is 0.684. The quantitative estimate of drug-likeness (QED) is 0.809. The molecule has 1 aliphatic rings. The van der Waals surface area contributed by atoms with Gasteiger partial charge in [-0.2, -0.15) is 5.10 Å².